The van der Waals surface area contributed by atoms with Crippen LogP contribution < -0.4 is 4.83 Å². The van der Waals surface area contributed by atoms with E-state index < -0.39 is 10.0 Å². The number of aryl methyl sites for hydroxylation is 4. The van der Waals surface area contributed by atoms with Gasteiger partial charge in [0.2, 0.25) is 0 Å². The van der Waals surface area contributed by atoms with Crippen LogP contribution in [0.25, 0.3) is 0 Å². The number of rotatable bonds is 4. The van der Waals surface area contributed by atoms with Crippen LogP contribution in [0.3, 0.4) is 0 Å². The number of hydrogen-bond donors (Lipinski definition) is 1. The molecule has 0 atom stereocenters. The molecule has 4 nitrogen and oxygen atoms in total. The second kappa shape index (κ2) is 6.32. The van der Waals surface area contributed by atoms with Gasteiger partial charge in [-0.2, -0.15) is 13.5 Å². The van der Waals surface area contributed by atoms with E-state index >= 15 is 0 Å². The Balaban J connectivity index is 2.20. The molecule has 0 saturated heterocycles. The van der Waals surface area contributed by atoms with Gasteiger partial charge in [-0.3, -0.25) is 0 Å². The van der Waals surface area contributed by atoms with Gasteiger partial charge in [-0.1, -0.05) is 35.4 Å². The number of nitrogens with zero attached hydrogens (tertiary/aromatic N) is 1. The lowest BCUT2D eigenvalue weighted by Crippen LogP contribution is -2.18. The van der Waals surface area contributed by atoms with Crippen LogP contribution >= 0.6 is 0 Å². The van der Waals surface area contributed by atoms with E-state index in [9.17, 15) is 8.42 Å². The summed E-state index contributed by atoms with van der Waals surface area (Å²) in [6.07, 6.45) is 1.55. The van der Waals surface area contributed by atoms with E-state index in [2.05, 4.69) is 9.93 Å². The van der Waals surface area contributed by atoms with Gasteiger partial charge in [0.1, 0.15) is 0 Å². The summed E-state index contributed by atoms with van der Waals surface area (Å²) in [7, 11) is -3.63. The minimum Gasteiger partial charge on any atom is -0.200 e. The molecule has 0 unspecified atom stereocenters. The highest BCUT2D eigenvalue weighted by Gasteiger charge is 2.12. The lowest BCUT2D eigenvalue weighted by molar-refractivity contribution is 0.584. The quantitative estimate of drug-likeness (QED) is 0.695. The zero-order chi connectivity index (χ0) is 16.3. The van der Waals surface area contributed by atoms with E-state index in [0.717, 1.165) is 22.3 Å². The molecule has 2 aromatic rings. The first-order chi connectivity index (χ1) is 10.3. The van der Waals surface area contributed by atoms with Crippen molar-refractivity contribution in [3.8, 4) is 0 Å². The van der Waals surface area contributed by atoms with Gasteiger partial charge in [0.15, 0.2) is 0 Å². The smallest absolute Gasteiger partial charge is 0.200 e. The van der Waals surface area contributed by atoms with Crippen molar-refractivity contribution in [2.45, 2.75) is 32.6 Å². The van der Waals surface area contributed by atoms with E-state index in [1.54, 1.807) is 30.5 Å². The normalized spacial score (nSPS) is 11.8. The van der Waals surface area contributed by atoms with Gasteiger partial charge in [0.25, 0.3) is 10.0 Å². The van der Waals surface area contributed by atoms with Crippen LogP contribution in [-0.4, -0.2) is 14.6 Å². The molecule has 0 radical (unpaired) electrons. The van der Waals surface area contributed by atoms with Crippen molar-refractivity contribution in [2.24, 2.45) is 5.10 Å². The van der Waals surface area contributed by atoms with Crippen molar-refractivity contribution in [1.29, 1.82) is 0 Å². The molecular formula is C17H20N2O2S. The maximum atomic E-state index is 12.1. The van der Waals surface area contributed by atoms with Crippen LogP contribution in [0.1, 0.15) is 27.8 Å². The first kappa shape index (κ1) is 16.2. The van der Waals surface area contributed by atoms with Crippen molar-refractivity contribution in [3.05, 3.63) is 64.2 Å². The van der Waals surface area contributed by atoms with Crippen molar-refractivity contribution in [1.82, 2.24) is 4.83 Å². The Morgan fingerprint density at radius 3 is 2.00 bits per heavy atom. The van der Waals surface area contributed by atoms with Crippen LogP contribution in [0, 0.1) is 27.7 Å². The van der Waals surface area contributed by atoms with Gasteiger partial charge in [-0.25, -0.2) is 4.83 Å². The maximum Gasteiger partial charge on any atom is 0.276 e. The Labute approximate surface area is 131 Å². The van der Waals surface area contributed by atoms with Crippen molar-refractivity contribution in [3.63, 3.8) is 0 Å². The number of sulfonamides is 1. The fraction of sp³-hybridized carbons (Fsp3) is 0.235. The third-order valence-electron chi connectivity index (χ3n) is 3.44. The van der Waals surface area contributed by atoms with Crippen LogP contribution in [0.15, 0.2) is 46.4 Å². The molecule has 0 saturated carbocycles. The molecule has 0 bridgehead atoms. The second-order valence-corrected chi connectivity index (χ2v) is 7.14. The van der Waals surface area contributed by atoms with Crippen LogP contribution in [0.4, 0.5) is 0 Å². The van der Waals surface area contributed by atoms with Gasteiger partial charge in [-0.05, 0) is 51.0 Å². The standard InChI is InChI=1S/C17H20N2O2S/c1-12-5-7-16(8-6-12)22(20,21)19-18-11-17-14(3)9-13(2)10-15(17)4/h5-11,19H,1-4H3/b18-11-. The summed E-state index contributed by atoms with van der Waals surface area (Å²) in [6.45, 7) is 7.90. The number of nitrogens with one attached hydrogen (secondary N) is 1. The average Bonchev–Trinajstić information content (AvgIpc) is 2.42. The Kier molecular flexibility index (Phi) is 4.66. The molecule has 0 heterocycles. The van der Waals surface area contributed by atoms with E-state index in [1.165, 1.54) is 5.56 Å². The largest absolute Gasteiger partial charge is 0.276 e. The van der Waals surface area contributed by atoms with E-state index in [4.69, 9.17) is 0 Å². The van der Waals surface area contributed by atoms with Crippen LogP contribution in [0.5, 0.6) is 0 Å². The van der Waals surface area contributed by atoms with E-state index in [-0.39, 0.29) is 4.90 Å². The summed E-state index contributed by atoms with van der Waals surface area (Å²) < 4.78 is 24.3. The average molecular weight is 316 g/mol. The highest BCUT2D eigenvalue weighted by Crippen LogP contribution is 2.14. The zero-order valence-electron chi connectivity index (χ0n) is 13.2. The summed E-state index contributed by atoms with van der Waals surface area (Å²) in [6, 6.07) is 10.7. The second-order valence-electron chi connectivity index (χ2n) is 5.48. The van der Waals surface area contributed by atoms with Gasteiger partial charge < -0.3 is 0 Å². The van der Waals surface area contributed by atoms with Crippen molar-refractivity contribution >= 4 is 16.2 Å². The van der Waals surface area contributed by atoms with Crippen LogP contribution in [-0.2, 0) is 10.0 Å². The van der Waals surface area contributed by atoms with Gasteiger partial charge in [0.05, 0.1) is 11.1 Å². The third kappa shape index (κ3) is 3.74. The topological polar surface area (TPSA) is 58.5 Å². The molecule has 2 aromatic carbocycles. The van der Waals surface area contributed by atoms with Gasteiger partial charge in [0, 0.05) is 5.56 Å². The minimum absolute atomic E-state index is 0.201. The fourth-order valence-corrected chi connectivity index (χ4v) is 3.12. The number of hydrogen-bond acceptors (Lipinski definition) is 3. The molecule has 0 fully saturated rings. The van der Waals surface area contributed by atoms with E-state index in [1.807, 2.05) is 39.8 Å². The molecule has 0 spiro atoms. The van der Waals surface area contributed by atoms with E-state index in [0.29, 0.717) is 0 Å². The molecule has 0 aromatic heterocycles. The van der Waals surface area contributed by atoms with Crippen molar-refractivity contribution < 1.29 is 8.42 Å². The summed E-state index contributed by atoms with van der Waals surface area (Å²) in [5.41, 5.74) is 5.24. The molecule has 116 valence electrons. The number of hydrazone groups is 1. The minimum atomic E-state index is -3.63. The van der Waals surface area contributed by atoms with Gasteiger partial charge in [-0.15, -0.1) is 0 Å². The molecule has 2 rings (SSSR count). The van der Waals surface area contributed by atoms with Gasteiger partial charge >= 0.3 is 0 Å². The first-order valence-electron chi connectivity index (χ1n) is 6.99. The molecular weight excluding hydrogens is 296 g/mol. The Bertz CT molecular complexity index is 784. The Hall–Kier alpha value is -2.14. The summed E-state index contributed by atoms with van der Waals surface area (Å²) in [4.78, 5) is 2.46. The highest BCUT2D eigenvalue weighted by molar-refractivity contribution is 7.89. The Morgan fingerprint density at radius 1 is 0.909 bits per heavy atom. The SMILES string of the molecule is Cc1ccc(S(=O)(=O)N/N=C\c2c(C)cc(C)cc2C)cc1. The molecule has 0 aliphatic heterocycles. The predicted octanol–water partition coefficient (Wildman–Crippen LogP) is 3.23. The monoisotopic (exact) mass is 316 g/mol. The Morgan fingerprint density at radius 2 is 1.45 bits per heavy atom. The first-order valence-corrected chi connectivity index (χ1v) is 8.47. The lowest BCUT2D eigenvalue weighted by atomic mass is 10.0. The fourth-order valence-electron chi connectivity index (χ4n) is 2.33. The molecule has 0 aliphatic rings. The lowest BCUT2D eigenvalue weighted by Gasteiger charge is -2.07. The summed E-state index contributed by atoms with van der Waals surface area (Å²) >= 11 is 0. The number of benzene rings is 2. The predicted molar refractivity (Wildman–Crippen MR) is 89.7 cm³/mol. The molecule has 0 amide bonds. The summed E-state index contributed by atoms with van der Waals surface area (Å²) in [5, 5.41) is 3.90. The van der Waals surface area contributed by atoms with Crippen LogP contribution in [0.2, 0.25) is 0 Å². The highest BCUT2D eigenvalue weighted by atomic mass is 32.2. The summed E-state index contributed by atoms with van der Waals surface area (Å²) in [5.74, 6) is 0. The molecule has 0 aliphatic carbocycles. The molecule has 5 heteroatoms. The molecule has 22 heavy (non-hydrogen) atoms. The van der Waals surface area contributed by atoms with Crippen molar-refractivity contribution in [2.75, 3.05) is 0 Å². The zero-order valence-corrected chi connectivity index (χ0v) is 14.0. The maximum absolute atomic E-state index is 12.1. The molecule has 1 N–H and O–H groups in total. The third-order valence-corrected chi connectivity index (χ3v) is 4.67.